The molecule has 1 saturated carbocycles. The summed E-state index contributed by atoms with van der Waals surface area (Å²) in [6, 6.07) is 12.4. The molecule has 0 aliphatic heterocycles. The van der Waals surface area contributed by atoms with Gasteiger partial charge in [-0.15, -0.1) is 0 Å². The van der Waals surface area contributed by atoms with Crippen molar-refractivity contribution < 1.29 is 16.8 Å². The molecular weight excluding hydrogens is 372 g/mol. The zero-order chi connectivity index (χ0) is 18.9. The topological polar surface area (TPSA) is 92.3 Å². The van der Waals surface area contributed by atoms with Gasteiger partial charge in [0.25, 0.3) is 10.0 Å². The zero-order valence-corrected chi connectivity index (χ0v) is 16.3. The minimum atomic E-state index is -3.78. The summed E-state index contributed by atoms with van der Waals surface area (Å²) in [5.41, 5.74) is 1.58. The molecule has 1 aliphatic carbocycles. The third kappa shape index (κ3) is 4.44. The third-order valence-corrected chi connectivity index (χ3v) is 7.11. The van der Waals surface area contributed by atoms with E-state index in [1.54, 1.807) is 12.1 Å². The largest absolute Gasteiger partial charge is 0.280 e. The number of rotatable bonds is 7. The normalized spacial score (nSPS) is 15.2. The van der Waals surface area contributed by atoms with Crippen LogP contribution in [0, 0.1) is 0 Å². The quantitative estimate of drug-likeness (QED) is 0.755. The molecule has 0 saturated heterocycles. The van der Waals surface area contributed by atoms with Crippen LogP contribution >= 0.6 is 0 Å². The minimum Gasteiger partial charge on any atom is -0.280 e. The average Bonchev–Trinajstić information content (AvgIpc) is 3.38. The predicted molar refractivity (Wildman–Crippen MR) is 101 cm³/mol. The monoisotopic (exact) mass is 394 g/mol. The predicted octanol–water partition coefficient (Wildman–Crippen LogP) is 3.05. The number of benzene rings is 2. The van der Waals surface area contributed by atoms with E-state index < -0.39 is 20.0 Å². The summed E-state index contributed by atoms with van der Waals surface area (Å²) in [6.45, 7) is 4.12. The van der Waals surface area contributed by atoms with Crippen molar-refractivity contribution in [3.05, 3.63) is 54.1 Å². The summed E-state index contributed by atoms with van der Waals surface area (Å²) in [5, 5.41) is 0. The highest BCUT2D eigenvalue weighted by Gasteiger charge is 2.28. The van der Waals surface area contributed by atoms with Crippen molar-refractivity contribution in [3.63, 3.8) is 0 Å². The van der Waals surface area contributed by atoms with Crippen molar-refractivity contribution in [2.45, 2.75) is 48.4 Å². The molecule has 2 aromatic carbocycles. The molecule has 140 valence electrons. The van der Waals surface area contributed by atoms with E-state index in [0.29, 0.717) is 11.6 Å². The Hall–Kier alpha value is -1.90. The molecule has 26 heavy (non-hydrogen) atoms. The van der Waals surface area contributed by atoms with Crippen molar-refractivity contribution in [2.75, 3.05) is 4.72 Å². The fourth-order valence-corrected chi connectivity index (χ4v) is 4.80. The summed E-state index contributed by atoms with van der Waals surface area (Å²) < 4.78 is 54.4. The van der Waals surface area contributed by atoms with Crippen LogP contribution in [0.15, 0.2) is 58.3 Å². The Morgan fingerprint density at radius 2 is 1.31 bits per heavy atom. The lowest BCUT2D eigenvalue weighted by molar-refractivity contribution is 0.580. The summed E-state index contributed by atoms with van der Waals surface area (Å²) in [5.74, 6) is 0.361. The fraction of sp³-hybridized carbons (Fsp3) is 0.333. The van der Waals surface area contributed by atoms with E-state index in [9.17, 15) is 16.8 Å². The molecule has 0 spiro atoms. The van der Waals surface area contributed by atoms with Crippen LogP contribution in [0.5, 0.6) is 0 Å². The second-order valence-corrected chi connectivity index (χ2v) is 10.1. The lowest BCUT2D eigenvalue weighted by atomic mass is 10.0. The first-order valence-electron chi connectivity index (χ1n) is 8.42. The summed E-state index contributed by atoms with van der Waals surface area (Å²) in [7, 11) is -7.38. The first-order chi connectivity index (χ1) is 12.2. The van der Waals surface area contributed by atoms with E-state index in [-0.39, 0.29) is 15.8 Å². The first kappa shape index (κ1) is 18.9. The van der Waals surface area contributed by atoms with Gasteiger partial charge < -0.3 is 0 Å². The van der Waals surface area contributed by atoms with Crippen LogP contribution in [0.3, 0.4) is 0 Å². The Morgan fingerprint density at radius 3 is 1.77 bits per heavy atom. The van der Waals surface area contributed by atoms with E-state index in [4.69, 9.17) is 0 Å². The average molecular weight is 395 g/mol. The number of hydrogen-bond acceptors (Lipinski definition) is 4. The molecule has 6 nitrogen and oxygen atoms in total. The Bertz CT molecular complexity index is 976. The van der Waals surface area contributed by atoms with Gasteiger partial charge in [-0.2, -0.15) is 0 Å². The number of sulfonamides is 2. The second-order valence-electron chi connectivity index (χ2n) is 6.75. The molecule has 1 aliphatic rings. The Kier molecular flexibility index (Phi) is 5.09. The van der Waals surface area contributed by atoms with Gasteiger partial charge in [0.15, 0.2) is 0 Å². The molecule has 2 N–H and O–H groups in total. The standard InChI is InChI=1S/C18H22N2O4S2/c1-13(2)14-3-5-15(6-4-14)19-25(21,22)17-9-11-18(12-10-17)26(23,24)20-16-7-8-16/h3-6,9-13,16,19-20H,7-8H2,1-2H3. The smallest absolute Gasteiger partial charge is 0.261 e. The van der Waals surface area contributed by atoms with E-state index in [2.05, 4.69) is 23.3 Å². The molecule has 2 aromatic rings. The van der Waals surface area contributed by atoms with Gasteiger partial charge in [0.2, 0.25) is 10.0 Å². The Labute approximate surface area is 154 Å². The Balaban J connectivity index is 1.76. The number of hydrogen-bond donors (Lipinski definition) is 2. The van der Waals surface area contributed by atoms with Crippen LogP contribution in [-0.4, -0.2) is 22.9 Å². The van der Waals surface area contributed by atoms with Gasteiger partial charge in [-0.05, 0) is 60.7 Å². The second kappa shape index (κ2) is 7.02. The van der Waals surface area contributed by atoms with Gasteiger partial charge in [-0.1, -0.05) is 26.0 Å². The Morgan fingerprint density at radius 1 is 0.808 bits per heavy atom. The molecule has 3 rings (SSSR count). The van der Waals surface area contributed by atoms with Gasteiger partial charge in [0.05, 0.1) is 9.79 Å². The van der Waals surface area contributed by atoms with Crippen LogP contribution in [0.1, 0.15) is 38.2 Å². The van der Waals surface area contributed by atoms with Crippen LogP contribution in [0.2, 0.25) is 0 Å². The lowest BCUT2D eigenvalue weighted by Gasteiger charge is -2.11. The summed E-state index contributed by atoms with van der Waals surface area (Å²) in [4.78, 5) is 0.0699. The van der Waals surface area contributed by atoms with E-state index in [1.165, 1.54) is 24.3 Å². The molecular formula is C18H22N2O4S2. The van der Waals surface area contributed by atoms with E-state index >= 15 is 0 Å². The summed E-state index contributed by atoms with van der Waals surface area (Å²) >= 11 is 0. The van der Waals surface area contributed by atoms with Crippen molar-refractivity contribution in [1.82, 2.24) is 4.72 Å². The van der Waals surface area contributed by atoms with Gasteiger partial charge >= 0.3 is 0 Å². The van der Waals surface area contributed by atoms with E-state index in [0.717, 1.165) is 18.4 Å². The number of nitrogens with one attached hydrogen (secondary N) is 2. The molecule has 8 heteroatoms. The maximum absolute atomic E-state index is 12.5. The molecule has 0 atom stereocenters. The summed E-state index contributed by atoms with van der Waals surface area (Å²) in [6.07, 6.45) is 1.68. The van der Waals surface area contributed by atoms with Crippen LogP contribution < -0.4 is 9.44 Å². The van der Waals surface area contributed by atoms with Crippen molar-refractivity contribution in [1.29, 1.82) is 0 Å². The minimum absolute atomic E-state index is 0.00103. The van der Waals surface area contributed by atoms with Crippen molar-refractivity contribution in [2.24, 2.45) is 0 Å². The van der Waals surface area contributed by atoms with E-state index in [1.807, 2.05) is 12.1 Å². The van der Waals surface area contributed by atoms with Crippen LogP contribution in [-0.2, 0) is 20.0 Å². The van der Waals surface area contributed by atoms with Gasteiger partial charge in [-0.3, -0.25) is 4.72 Å². The highest BCUT2D eigenvalue weighted by Crippen LogP contribution is 2.24. The highest BCUT2D eigenvalue weighted by molar-refractivity contribution is 7.92. The molecule has 0 amide bonds. The third-order valence-electron chi connectivity index (χ3n) is 4.17. The first-order valence-corrected chi connectivity index (χ1v) is 11.4. The lowest BCUT2D eigenvalue weighted by Crippen LogP contribution is -2.25. The van der Waals surface area contributed by atoms with Crippen molar-refractivity contribution in [3.8, 4) is 0 Å². The molecule has 0 aromatic heterocycles. The molecule has 0 unspecified atom stereocenters. The molecule has 0 bridgehead atoms. The number of anilines is 1. The maximum atomic E-state index is 12.5. The molecule has 0 radical (unpaired) electrons. The molecule has 1 fully saturated rings. The van der Waals surface area contributed by atoms with Gasteiger partial charge in [-0.25, -0.2) is 21.6 Å². The zero-order valence-electron chi connectivity index (χ0n) is 14.6. The fourth-order valence-electron chi connectivity index (χ4n) is 2.44. The SMILES string of the molecule is CC(C)c1ccc(NS(=O)(=O)c2ccc(S(=O)(=O)NC3CC3)cc2)cc1. The van der Waals surface area contributed by atoms with Gasteiger partial charge in [0.1, 0.15) is 0 Å². The van der Waals surface area contributed by atoms with Crippen molar-refractivity contribution >= 4 is 25.7 Å². The van der Waals surface area contributed by atoms with Crippen LogP contribution in [0.4, 0.5) is 5.69 Å². The van der Waals surface area contributed by atoms with Crippen LogP contribution in [0.25, 0.3) is 0 Å². The maximum Gasteiger partial charge on any atom is 0.261 e. The van der Waals surface area contributed by atoms with Gasteiger partial charge in [0, 0.05) is 11.7 Å². The highest BCUT2D eigenvalue weighted by atomic mass is 32.2. The molecule has 0 heterocycles.